The monoisotopic (exact) mass is 226 g/mol. The van der Waals surface area contributed by atoms with Crippen LogP contribution in [0.1, 0.15) is 6.42 Å². The van der Waals surface area contributed by atoms with Crippen molar-refractivity contribution in [1.82, 2.24) is 9.78 Å². The Balaban J connectivity index is 2.57. The zero-order valence-electron chi connectivity index (χ0n) is 9.48. The van der Waals surface area contributed by atoms with E-state index in [4.69, 9.17) is 10.5 Å². The van der Waals surface area contributed by atoms with Crippen LogP contribution < -0.4 is 16.6 Å². The molecular formula is C10H18N4O2. The van der Waals surface area contributed by atoms with Gasteiger partial charge in [-0.25, -0.2) is 4.68 Å². The number of nitrogens with one attached hydrogen (secondary N) is 1. The molecule has 0 aliphatic heterocycles. The van der Waals surface area contributed by atoms with Crippen molar-refractivity contribution in [3.63, 3.8) is 0 Å². The molecule has 3 N–H and O–H groups in total. The molecule has 0 fully saturated rings. The fourth-order valence-corrected chi connectivity index (χ4v) is 1.27. The van der Waals surface area contributed by atoms with Gasteiger partial charge < -0.3 is 15.8 Å². The highest BCUT2D eigenvalue weighted by Gasteiger charge is 1.99. The molecule has 6 nitrogen and oxygen atoms in total. The van der Waals surface area contributed by atoms with Gasteiger partial charge in [0.2, 0.25) is 0 Å². The number of nitrogens with zero attached hydrogens (tertiary/aromatic N) is 2. The largest absolute Gasteiger partial charge is 0.385 e. The van der Waals surface area contributed by atoms with Gasteiger partial charge in [0.1, 0.15) is 0 Å². The Hall–Kier alpha value is -1.40. The Morgan fingerprint density at radius 2 is 2.44 bits per heavy atom. The van der Waals surface area contributed by atoms with Gasteiger partial charge in [-0.05, 0) is 6.42 Å². The van der Waals surface area contributed by atoms with E-state index < -0.39 is 0 Å². The normalized spacial score (nSPS) is 10.4. The minimum Gasteiger partial charge on any atom is -0.385 e. The van der Waals surface area contributed by atoms with Gasteiger partial charge >= 0.3 is 0 Å². The van der Waals surface area contributed by atoms with Crippen LogP contribution in [0, 0.1) is 0 Å². The molecular weight excluding hydrogens is 208 g/mol. The van der Waals surface area contributed by atoms with E-state index in [1.54, 1.807) is 13.3 Å². The summed E-state index contributed by atoms with van der Waals surface area (Å²) in [5.41, 5.74) is 5.94. The second-order valence-corrected chi connectivity index (χ2v) is 3.37. The number of methoxy groups -OCH3 is 1. The fourth-order valence-electron chi connectivity index (χ4n) is 1.27. The second-order valence-electron chi connectivity index (χ2n) is 3.37. The lowest BCUT2D eigenvalue weighted by molar-refractivity contribution is 0.188. The van der Waals surface area contributed by atoms with Crippen molar-refractivity contribution < 1.29 is 4.74 Å². The summed E-state index contributed by atoms with van der Waals surface area (Å²) in [7, 11) is 1.63. The van der Waals surface area contributed by atoms with Crippen LogP contribution in [0.5, 0.6) is 0 Å². The molecule has 0 radical (unpaired) electrons. The zero-order chi connectivity index (χ0) is 11.8. The van der Waals surface area contributed by atoms with E-state index in [1.807, 2.05) is 0 Å². The lowest BCUT2D eigenvalue weighted by atomic mass is 10.4. The van der Waals surface area contributed by atoms with E-state index >= 15 is 0 Å². The van der Waals surface area contributed by atoms with Gasteiger partial charge in [-0.1, -0.05) is 0 Å². The summed E-state index contributed by atoms with van der Waals surface area (Å²) in [6, 6.07) is 1.52. The van der Waals surface area contributed by atoms with E-state index in [9.17, 15) is 4.79 Å². The predicted octanol–water partition coefficient (Wildman–Crippen LogP) is -0.350. The zero-order valence-corrected chi connectivity index (χ0v) is 9.48. The third kappa shape index (κ3) is 4.00. The van der Waals surface area contributed by atoms with E-state index in [1.165, 1.54) is 10.7 Å². The van der Waals surface area contributed by atoms with Crippen LogP contribution >= 0.6 is 0 Å². The summed E-state index contributed by atoms with van der Waals surface area (Å²) in [4.78, 5) is 11.6. The average Bonchev–Trinajstić information content (AvgIpc) is 2.29. The molecule has 1 rings (SSSR count). The Bertz CT molecular complexity index is 364. The van der Waals surface area contributed by atoms with E-state index in [-0.39, 0.29) is 5.56 Å². The number of ether oxygens (including phenoxy) is 1. The highest BCUT2D eigenvalue weighted by molar-refractivity contribution is 5.38. The third-order valence-electron chi connectivity index (χ3n) is 2.06. The molecule has 0 saturated heterocycles. The van der Waals surface area contributed by atoms with Gasteiger partial charge in [-0.3, -0.25) is 4.79 Å². The summed E-state index contributed by atoms with van der Waals surface area (Å²) in [5.74, 6) is 0. The Morgan fingerprint density at radius 1 is 1.62 bits per heavy atom. The summed E-state index contributed by atoms with van der Waals surface area (Å²) in [6.45, 7) is 2.36. The van der Waals surface area contributed by atoms with E-state index in [2.05, 4.69) is 10.4 Å². The molecule has 1 heterocycles. The number of nitrogens with two attached hydrogens (primary N) is 1. The maximum absolute atomic E-state index is 11.6. The number of hydrogen-bond acceptors (Lipinski definition) is 5. The minimum atomic E-state index is -0.113. The van der Waals surface area contributed by atoms with Gasteiger partial charge in [0.05, 0.1) is 11.9 Å². The van der Waals surface area contributed by atoms with Crippen LogP contribution in [0.15, 0.2) is 17.1 Å². The van der Waals surface area contributed by atoms with Crippen LogP contribution in [0.3, 0.4) is 0 Å². The average molecular weight is 226 g/mol. The molecule has 0 unspecified atom stereocenters. The highest BCUT2D eigenvalue weighted by atomic mass is 16.5. The van der Waals surface area contributed by atoms with Crippen molar-refractivity contribution in [2.45, 2.75) is 13.0 Å². The van der Waals surface area contributed by atoms with Gasteiger partial charge in [0.15, 0.2) is 0 Å². The Morgan fingerprint density at radius 3 is 3.06 bits per heavy atom. The molecule has 0 aliphatic carbocycles. The predicted molar refractivity (Wildman–Crippen MR) is 62.5 cm³/mol. The Kier molecular flexibility index (Phi) is 5.52. The first-order chi connectivity index (χ1) is 7.77. The molecule has 0 bridgehead atoms. The summed E-state index contributed by atoms with van der Waals surface area (Å²) >= 11 is 0. The molecule has 90 valence electrons. The number of aryl methyl sites for hydroxylation is 1. The van der Waals surface area contributed by atoms with Crippen molar-refractivity contribution in [3.05, 3.63) is 22.6 Å². The Labute approximate surface area is 94.4 Å². The van der Waals surface area contributed by atoms with Gasteiger partial charge in [0, 0.05) is 39.4 Å². The molecule has 16 heavy (non-hydrogen) atoms. The number of anilines is 1. The third-order valence-corrected chi connectivity index (χ3v) is 2.06. The standard InChI is InChI=1S/C10H18N4O2/c1-16-6-2-5-14-10(15)7-9(8-13-14)12-4-3-11/h7-8,12H,2-6,11H2,1H3. The molecule has 1 aromatic heterocycles. The first-order valence-corrected chi connectivity index (χ1v) is 5.28. The first-order valence-electron chi connectivity index (χ1n) is 5.28. The molecule has 6 heteroatoms. The van der Waals surface area contributed by atoms with Gasteiger partial charge in [-0.2, -0.15) is 5.10 Å². The molecule has 0 aromatic carbocycles. The lowest BCUT2D eigenvalue weighted by Gasteiger charge is -2.06. The summed E-state index contributed by atoms with van der Waals surface area (Å²) in [5, 5.41) is 7.05. The highest BCUT2D eigenvalue weighted by Crippen LogP contribution is 1.98. The van der Waals surface area contributed by atoms with Crippen LogP contribution in [0.2, 0.25) is 0 Å². The quantitative estimate of drug-likeness (QED) is 0.621. The van der Waals surface area contributed by atoms with Crippen molar-refractivity contribution in [1.29, 1.82) is 0 Å². The van der Waals surface area contributed by atoms with Gasteiger partial charge in [-0.15, -0.1) is 0 Å². The maximum atomic E-state index is 11.6. The molecule has 1 aromatic rings. The number of aromatic nitrogens is 2. The summed E-state index contributed by atoms with van der Waals surface area (Å²) in [6.07, 6.45) is 2.41. The second kappa shape index (κ2) is 6.97. The minimum absolute atomic E-state index is 0.113. The number of hydrogen-bond donors (Lipinski definition) is 2. The number of rotatable bonds is 7. The van der Waals surface area contributed by atoms with Crippen molar-refractivity contribution in [3.8, 4) is 0 Å². The van der Waals surface area contributed by atoms with Crippen molar-refractivity contribution in [2.24, 2.45) is 5.73 Å². The molecule has 0 aliphatic rings. The smallest absolute Gasteiger partial charge is 0.268 e. The topological polar surface area (TPSA) is 82.2 Å². The van der Waals surface area contributed by atoms with E-state index in [0.29, 0.717) is 31.9 Å². The van der Waals surface area contributed by atoms with Crippen molar-refractivity contribution in [2.75, 3.05) is 32.1 Å². The van der Waals surface area contributed by atoms with Crippen LogP contribution in [0.4, 0.5) is 5.69 Å². The van der Waals surface area contributed by atoms with E-state index in [0.717, 1.165) is 6.42 Å². The molecule has 0 spiro atoms. The molecule has 0 saturated carbocycles. The fraction of sp³-hybridized carbons (Fsp3) is 0.600. The van der Waals surface area contributed by atoms with Crippen LogP contribution in [-0.2, 0) is 11.3 Å². The molecule has 0 amide bonds. The summed E-state index contributed by atoms with van der Waals surface area (Å²) < 4.78 is 6.33. The van der Waals surface area contributed by atoms with Crippen molar-refractivity contribution >= 4 is 5.69 Å². The van der Waals surface area contributed by atoms with Crippen LogP contribution in [-0.4, -0.2) is 36.6 Å². The van der Waals surface area contributed by atoms with Crippen LogP contribution in [0.25, 0.3) is 0 Å². The first kappa shape index (κ1) is 12.7. The lowest BCUT2D eigenvalue weighted by Crippen LogP contribution is -2.24. The maximum Gasteiger partial charge on any atom is 0.268 e. The SMILES string of the molecule is COCCCn1ncc(NCCN)cc1=O. The molecule has 0 atom stereocenters. The van der Waals surface area contributed by atoms with Gasteiger partial charge in [0.25, 0.3) is 5.56 Å².